The number of urea groups is 1. The average molecular weight is 591 g/mol. The number of anilines is 1. The van der Waals surface area contributed by atoms with Crippen molar-refractivity contribution in [2.45, 2.75) is 76.4 Å². The van der Waals surface area contributed by atoms with Crippen LogP contribution in [0.2, 0.25) is 0 Å². The van der Waals surface area contributed by atoms with Crippen molar-refractivity contribution < 1.29 is 19.1 Å². The summed E-state index contributed by atoms with van der Waals surface area (Å²) in [6.45, 7) is 7.64. The minimum atomic E-state index is -0.252. The summed E-state index contributed by atoms with van der Waals surface area (Å²) in [6, 6.07) is 7.35. The number of benzene rings is 1. The Kier molecular flexibility index (Phi) is 7.94. The summed E-state index contributed by atoms with van der Waals surface area (Å²) in [5.41, 5.74) is 2.68. The molecule has 4 amide bonds. The number of hydrogen-bond acceptors (Lipinski definition) is 7. The Morgan fingerprint density at radius 1 is 1.24 bits per heavy atom. The quantitative estimate of drug-likeness (QED) is 0.328. The monoisotopic (exact) mass is 590 g/mol. The van der Waals surface area contributed by atoms with Crippen LogP contribution in [0.1, 0.15) is 51.5 Å². The minimum absolute atomic E-state index is 0.0263. The van der Waals surface area contributed by atoms with Crippen molar-refractivity contribution in [2.75, 3.05) is 24.5 Å². The Bertz CT molecular complexity index is 1400. The van der Waals surface area contributed by atoms with Crippen molar-refractivity contribution in [1.82, 2.24) is 20.9 Å². The van der Waals surface area contributed by atoms with Gasteiger partial charge in [0.05, 0.1) is 22.4 Å². The zero-order valence-electron chi connectivity index (χ0n) is 24.3. The van der Waals surface area contributed by atoms with Gasteiger partial charge < -0.3 is 25.6 Å². The van der Waals surface area contributed by atoms with Crippen molar-refractivity contribution in [3.05, 3.63) is 46.0 Å². The van der Waals surface area contributed by atoms with Crippen LogP contribution in [0.15, 0.2) is 40.5 Å². The summed E-state index contributed by atoms with van der Waals surface area (Å²) >= 11 is 1.47. The van der Waals surface area contributed by atoms with Gasteiger partial charge in [-0.3, -0.25) is 14.5 Å². The third-order valence-corrected chi connectivity index (χ3v) is 9.92. The van der Waals surface area contributed by atoms with Crippen molar-refractivity contribution >= 4 is 35.3 Å². The number of ether oxygens (including phenoxy) is 1. The summed E-state index contributed by atoms with van der Waals surface area (Å²) in [5, 5.41) is 19.3. The first-order chi connectivity index (χ1) is 20.2. The van der Waals surface area contributed by atoms with Gasteiger partial charge in [-0.1, -0.05) is 17.8 Å². The molecule has 3 N–H and O–H groups in total. The smallest absolute Gasteiger partial charge is 0.326 e. The molecule has 6 rings (SSSR count). The number of allylic oxidation sites excluding steroid dienone is 1. The summed E-state index contributed by atoms with van der Waals surface area (Å²) < 4.78 is 5.85. The summed E-state index contributed by atoms with van der Waals surface area (Å²) in [7, 11) is 0. The van der Waals surface area contributed by atoms with Crippen LogP contribution in [0.4, 0.5) is 10.5 Å². The lowest BCUT2D eigenvalue weighted by molar-refractivity contribution is -0.129. The van der Waals surface area contributed by atoms with Gasteiger partial charge in [-0.15, -0.1) is 0 Å². The fraction of sp³-hybridized carbons (Fsp3) is 0.548. The lowest BCUT2D eigenvalue weighted by atomic mass is 9.86. The van der Waals surface area contributed by atoms with Gasteiger partial charge in [0.2, 0.25) is 0 Å². The number of thioether (sulfide) groups is 1. The number of rotatable bonds is 7. The molecule has 42 heavy (non-hydrogen) atoms. The standard InChI is InChI=1S/C31H38N6O4S/c1-17(2)41-22-8-9-23(18(3)13-22)37-24-10-11-33-29-25(24)26(35-31(37)40)27(42-29)28(38)34-21-5-4-12-36(16-21)30(39)20(15-32)14-19-6-7-19/h8-9,13-14,17,19,21,24-25,29,33H,4-7,10-12,16H2,1-3H3,(H,34,38)(H,35,40)/b20-14+/t21-,24?,25?,29?/m1/s1. The zero-order chi connectivity index (χ0) is 29.5. The average Bonchev–Trinajstić information content (AvgIpc) is 3.71. The Morgan fingerprint density at radius 2 is 2.05 bits per heavy atom. The fourth-order valence-electron chi connectivity index (χ4n) is 6.50. The largest absolute Gasteiger partial charge is 0.491 e. The topological polar surface area (TPSA) is 127 Å². The maximum Gasteiger partial charge on any atom is 0.326 e. The first kappa shape index (κ1) is 28.6. The van der Waals surface area contributed by atoms with Gasteiger partial charge in [-0.2, -0.15) is 5.26 Å². The number of amides is 4. The molecule has 4 fully saturated rings. The van der Waals surface area contributed by atoms with E-state index in [0.717, 1.165) is 55.6 Å². The highest BCUT2D eigenvalue weighted by atomic mass is 32.2. The number of nitrogens with one attached hydrogen (secondary N) is 3. The Hall–Kier alpha value is -3.49. The van der Waals surface area contributed by atoms with Crippen LogP contribution in [0, 0.1) is 30.1 Å². The first-order valence-corrected chi connectivity index (χ1v) is 15.8. The fourth-order valence-corrected chi connectivity index (χ4v) is 7.90. The minimum Gasteiger partial charge on any atom is -0.491 e. The molecule has 10 nitrogen and oxygen atoms in total. The molecule has 0 spiro atoms. The van der Waals surface area contributed by atoms with Crippen LogP contribution < -0.4 is 25.6 Å². The number of hydrogen-bond donors (Lipinski definition) is 3. The molecule has 3 unspecified atom stereocenters. The van der Waals surface area contributed by atoms with Gasteiger partial charge in [0, 0.05) is 36.4 Å². The predicted molar refractivity (Wildman–Crippen MR) is 160 cm³/mol. The van der Waals surface area contributed by atoms with Crippen LogP contribution in [0.25, 0.3) is 0 Å². The van der Waals surface area contributed by atoms with E-state index in [1.807, 2.05) is 43.9 Å². The molecule has 1 aromatic carbocycles. The molecule has 11 heteroatoms. The Balaban J connectivity index is 1.18. The van der Waals surface area contributed by atoms with Crippen LogP contribution in [0.3, 0.4) is 0 Å². The zero-order valence-corrected chi connectivity index (χ0v) is 25.1. The van der Waals surface area contributed by atoms with Crippen molar-refractivity contribution in [2.24, 2.45) is 11.8 Å². The predicted octanol–water partition coefficient (Wildman–Crippen LogP) is 3.54. The van der Waals surface area contributed by atoms with Gasteiger partial charge >= 0.3 is 6.03 Å². The third kappa shape index (κ3) is 5.62. The molecule has 4 atom stereocenters. The molecule has 0 aromatic heterocycles. The molecule has 1 aromatic rings. The number of carbonyl (C=O) groups excluding carboxylic acids is 3. The highest BCUT2D eigenvalue weighted by molar-refractivity contribution is 8.04. The van der Waals surface area contributed by atoms with E-state index in [9.17, 15) is 19.6 Å². The Labute approximate surface area is 250 Å². The molecule has 1 aliphatic carbocycles. The number of nitrogens with zero attached hydrogens (tertiary/aromatic N) is 3. The van der Waals surface area contributed by atoms with Gasteiger partial charge in [0.1, 0.15) is 17.4 Å². The molecule has 3 saturated heterocycles. The highest BCUT2D eigenvalue weighted by Crippen LogP contribution is 2.48. The number of carbonyl (C=O) groups is 3. The van der Waals surface area contributed by atoms with Crippen molar-refractivity contribution in [3.63, 3.8) is 0 Å². The first-order valence-electron chi connectivity index (χ1n) is 15.0. The van der Waals surface area contributed by atoms with E-state index in [1.165, 1.54) is 11.8 Å². The van der Waals surface area contributed by atoms with E-state index < -0.39 is 0 Å². The summed E-state index contributed by atoms with van der Waals surface area (Å²) in [6.07, 6.45) is 6.17. The molecular formula is C31H38N6O4S. The summed E-state index contributed by atoms with van der Waals surface area (Å²) in [5.74, 6) is 0.578. The highest BCUT2D eigenvalue weighted by Gasteiger charge is 2.52. The van der Waals surface area contributed by atoms with E-state index in [2.05, 4.69) is 22.0 Å². The second-order valence-corrected chi connectivity index (χ2v) is 13.3. The van der Waals surface area contributed by atoms with E-state index >= 15 is 0 Å². The molecule has 5 aliphatic rings. The number of likely N-dealkylation sites (tertiary alicyclic amines) is 1. The lowest BCUT2D eigenvalue weighted by Crippen LogP contribution is -2.62. The van der Waals surface area contributed by atoms with E-state index in [4.69, 9.17) is 4.74 Å². The lowest BCUT2D eigenvalue weighted by Gasteiger charge is -2.46. The second kappa shape index (κ2) is 11.7. The van der Waals surface area contributed by atoms with Crippen LogP contribution in [-0.4, -0.2) is 65.9 Å². The van der Waals surface area contributed by atoms with Crippen LogP contribution in [0.5, 0.6) is 5.75 Å². The molecule has 0 radical (unpaired) electrons. The van der Waals surface area contributed by atoms with Gasteiger partial charge in [-0.25, -0.2) is 4.79 Å². The third-order valence-electron chi connectivity index (χ3n) is 8.57. The van der Waals surface area contributed by atoms with E-state index in [0.29, 0.717) is 29.6 Å². The molecule has 1 saturated carbocycles. The molecule has 4 heterocycles. The maximum atomic E-state index is 13.7. The maximum absolute atomic E-state index is 13.7. The van der Waals surface area contributed by atoms with Gasteiger partial charge in [-0.05, 0) is 89.1 Å². The molecule has 4 aliphatic heterocycles. The van der Waals surface area contributed by atoms with E-state index in [-0.39, 0.29) is 52.9 Å². The normalized spacial score (nSPS) is 27.4. The van der Waals surface area contributed by atoms with Crippen molar-refractivity contribution in [1.29, 1.82) is 5.26 Å². The number of piperidine rings is 2. The van der Waals surface area contributed by atoms with Gasteiger partial charge in [0.15, 0.2) is 0 Å². The van der Waals surface area contributed by atoms with Crippen molar-refractivity contribution in [3.8, 4) is 11.8 Å². The number of aryl methyl sites for hydroxylation is 1. The molecule has 222 valence electrons. The second-order valence-electron chi connectivity index (χ2n) is 12.1. The van der Waals surface area contributed by atoms with Crippen LogP contribution >= 0.6 is 11.8 Å². The molecular weight excluding hydrogens is 552 g/mol. The molecule has 0 bridgehead atoms. The summed E-state index contributed by atoms with van der Waals surface area (Å²) in [4.78, 5) is 44.3. The Morgan fingerprint density at radius 3 is 2.76 bits per heavy atom. The van der Waals surface area contributed by atoms with Gasteiger partial charge in [0.25, 0.3) is 11.8 Å². The number of nitriles is 1. The van der Waals surface area contributed by atoms with E-state index in [1.54, 1.807) is 11.0 Å². The SMILES string of the molecule is Cc1cc(OC(C)C)ccc1N1C(=O)NC2=C(C(=O)N[C@@H]3CCCN(C(=O)/C(C#N)=C/C4CC4)C3)SC3NCCC1C23. The van der Waals surface area contributed by atoms with Crippen LogP contribution in [-0.2, 0) is 9.59 Å².